The molecule has 0 bridgehead atoms. The van der Waals surface area contributed by atoms with Crippen LogP contribution < -0.4 is 5.32 Å². The van der Waals surface area contributed by atoms with E-state index in [1.165, 1.54) is 4.90 Å². The Labute approximate surface area is 87.5 Å². The van der Waals surface area contributed by atoms with Gasteiger partial charge in [-0.25, -0.2) is 9.18 Å². The molecule has 5 nitrogen and oxygen atoms in total. The van der Waals surface area contributed by atoms with E-state index >= 15 is 0 Å². The van der Waals surface area contributed by atoms with Gasteiger partial charge in [0.15, 0.2) is 0 Å². The van der Waals surface area contributed by atoms with E-state index in [0.29, 0.717) is 13.2 Å². The van der Waals surface area contributed by atoms with Crippen LogP contribution in [0.25, 0.3) is 0 Å². The Morgan fingerprint density at radius 3 is 2.87 bits per heavy atom. The SMILES string of the molecule is CO[C@@H]1COC[C@H]1NC(=O)N1CC(F)C1. The number of nitrogens with zero attached hydrogens (tertiary/aromatic N) is 1. The molecule has 0 spiro atoms. The second-order valence-corrected chi connectivity index (χ2v) is 3.87. The lowest BCUT2D eigenvalue weighted by molar-refractivity contribution is 0.0662. The summed E-state index contributed by atoms with van der Waals surface area (Å²) in [4.78, 5) is 13.0. The van der Waals surface area contributed by atoms with Crippen molar-refractivity contribution in [1.29, 1.82) is 0 Å². The molecule has 2 amide bonds. The minimum atomic E-state index is -0.867. The molecule has 0 aromatic heterocycles. The molecule has 0 aromatic carbocycles. The maximum absolute atomic E-state index is 12.5. The molecular weight excluding hydrogens is 203 g/mol. The predicted molar refractivity (Wildman–Crippen MR) is 50.4 cm³/mol. The monoisotopic (exact) mass is 218 g/mol. The molecule has 0 aromatic rings. The van der Waals surface area contributed by atoms with E-state index in [2.05, 4.69) is 5.32 Å². The average Bonchev–Trinajstić information content (AvgIpc) is 2.60. The predicted octanol–water partition coefficient (Wildman–Crippen LogP) is -0.236. The van der Waals surface area contributed by atoms with Crippen molar-refractivity contribution in [2.24, 2.45) is 0 Å². The van der Waals surface area contributed by atoms with Crippen LogP contribution in [0.5, 0.6) is 0 Å². The molecule has 2 saturated heterocycles. The molecule has 15 heavy (non-hydrogen) atoms. The van der Waals surface area contributed by atoms with Gasteiger partial charge in [0.1, 0.15) is 12.3 Å². The van der Waals surface area contributed by atoms with Gasteiger partial charge in [-0.1, -0.05) is 0 Å². The van der Waals surface area contributed by atoms with E-state index in [0.717, 1.165) is 0 Å². The highest BCUT2D eigenvalue weighted by atomic mass is 19.1. The van der Waals surface area contributed by atoms with Crippen LogP contribution in [-0.4, -0.2) is 62.7 Å². The molecule has 6 heteroatoms. The molecular formula is C9H15FN2O3. The lowest BCUT2D eigenvalue weighted by Crippen LogP contribution is -2.58. The number of methoxy groups -OCH3 is 1. The molecule has 2 fully saturated rings. The first-order valence-corrected chi connectivity index (χ1v) is 5.00. The Bertz CT molecular complexity index is 246. The molecule has 2 atom stereocenters. The van der Waals surface area contributed by atoms with E-state index in [9.17, 15) is 9.18 Å². The third-order valence-electron chi connectivity index (χ3n) is 2.76. The summed E-state index contributed by atoms with van der Waals surface area (Å²) in [5.74, 6) is 0. The van der Waals surface area contributed by atoms with Crippen LogP contribution in [0.1, 0.15) is 0 Å². The number of carbonyl (C=O) groups excluding carboxylic acids is 1. The van der Waals surface area contributed by atoms with Gasteiger partial charge < -0.3 is 19.7 Å². The first kappa shape index (κ1) is 10.6. The van der Waals surface area contributed by atoms with Gasteiger partial charge in [-0.3, -0.25) is 0 Å². The van der Waals surface area contributed by atoms with Gasteiger partial charge in [0.2, 0.25) is 0 Å². The Morgan fingerprint density at radius 2 is 2.27 bits per heavy atom. The van der Waals surface area contributed by atoms with E-state index in [-0.39, 0.29) is 31.3 Å². The third-order valence-corrected chi connectivity index (χ3v) is 2.76. The number of urea groups is 1. The summed E-state index contributed by atoms with van der Waals surface area (Å²) in [6.07, 6.45) is -0.967. The van der Waals surface area contributed by atoms with Crippen molar-refractivity contribution >= 4 is 6.03 Å². The van der Waals surface area contributed by atoms with Crippen LogP contribution in [-0.2, 0) is 9.47 Å². The minimum absolute atomic E-state index is 0.101. The fourth-order valence-electron chi connectivity index (χ4n) is 1.74. The molecule has 2 aliphatic heterocycles. The standard InChI is InChI=1S/C9H15FN2O3/c1-14-8-5-15-4-7(8)11-9(13)12-2-6(10)3-12/h6-8H,2-5H2,1H3,(H,11,13)/t7-,8-/m1/s1. The highest BCUT2D eigenvalue weighted by molar-refractivity contribution is 5.75. The van der Waals surface area contributed by atoms with Gasteiger partial charge in [-0.15, -0.1) is 0 Å². The van der Waals surface area contributed by atoms with Crippen molar-refractivity contribution in [3.05, 3.63) is 0 Å². The van der Waals surface area contributed by atoms with Crippen molar-refractivity contribution < 1.29 is 18.7 Å². The quantitative estimate of drug-likeness (QED) is 0.696. The smallest absolute Gasteiger partial charge is 0.317 e. The minimum Gasteiger partial charge on any atom is -0.377 e. The van der Waals surface area contributed by atoms with Crippen molar-refractivity contribution in [3.8, 4) is 0 Å². The second kappa shape index (κ2) is 4.32. The Balaban J connectivity index is 1.78. The maximum atomic E-state index is 12.5. The Morgan fingerprint density at radius 1 is 1.53 bits per heavy atom. The zero-order valence-corrected chi connectivity index (χ0v) is 8.61. The first-order valence-electron chi connectivity index (χ1n) is 5.00. The summed E-state index contributed by atoms with van der Waals surface area (Å²) in [5.41, 5.74) is 0. The van der Waals surface area contributed by atoms with Gasteiger partial charge in [-0.2, -0.15) is 0 Å². The van der Waals surface area contributed by atoms with Crippen molar-refractivity contribution in [1.82, 2.24) is 10.2 Å². The number of nitrogens with one attached hydrogen (secondary N) is 1. The van der Waals surface area contributed by atoms with Crippen LogP contribution >= 0.6 is 0 Å². The zero-order valence-electron chi connectivity index (χ0n) is 8.61. The Hall–Kier alpha value is -0.880. The summed E-state index contributed by atoms with van der Waals surface area (Å²) in [7, 11) is 1.58. The number of rotatable bonds is 2. The summed E-state index contributed by atoms with van der Waals surface area (Å²) < 4.78 is 22.8. The van der Waals surface area contributed by atoms with E-state index in [1.54, 1.807) is 7.11 Å². The number of hydrogen-bond donors (Lipinski definition) is 1. The zero-order chi connectivity index (χ0) is 10.8. The normalized spacial score (nSPS) is 31.5. The van der Waals surface area contributed by atoms with Crippen LogP contribution in [0.4, 0.5) is 9.18 Å². The molecule has 2 aliphatic rings. The molecule has 86 valence electrons. The first-order chi connectivity index (χ1) is 7.20. The lowest BCUT2D eigenvalue weighted by atomic mass is 10.2. The molecule has 0 unspecified atom stereocenters. The fourth-order valence-corrected chi connectivity index (χ4v) is 1.74. The van der Waals surface area contributed by atoms with Crippen molar-refractivity contribution in [2.45, 2.75) is 18.3 Å². The highest BCUT2D eigenvalue weighted by Gasteiger charge is 2.35. The number of alkyl halides is 1. The topological polar surface area (TPSA) is 50.8 Å². The van der Waals surface area contributed by atoms with Gasteiger partial charge in [-0.05, 0) is 0 Å². The van der Waals surface area contributed by atoms with E-state index in [1.807, 2.05) is 0 Å². The number of amides is 2. The highest BCUT2D eigenvalue weighted by Crippen LogP contribution is 2.13. The Kier molecular flexibility index (Phi) is 3.06. The largest absolute Gasteiger partial charge is 0.377 e. The van der Waals surface area contributed by atoms with Gasteiger partial charge >= 0.3 is 6.03 Å². The summed E-state index contributed by atoms with van der Waals surface area (Å²) in [6.45, 7) is 1.33. The van der Waals surface area contributed by atoms with Gasteiger partial charge in [0.05, 0.1) is 32.3 Å². The van der Waals surface area contributed by atoms with Crippen LogP contribution in [0.15, 0.2) is 0 Å². The van der Waals surface area contributed by atoms with Crippen molar-refractivity contribution in [2.75, 3.05) is 33.4 Å². The average molecular weight is 218 g/mol. The number of likely N-dealkylation sites (tertiary alicyclic amines) is 1. The number of carbonyl (C=O) groups is 1. The third kappa shape index (κ3) is 2.21. The summed E-state index contributed by atoms with van der Waals surface area (Å²) in [5, 5.41) is 2.77. The molecule has 2 rings (SSSR count). The van der Waals surface area contributed by atoms with E-state index in [4.69, 9.17) is 9.47 Å². The summed E-state index contributed by atoms with van der Waals surface area (Å²) in [6, 6.07) is -0.359. The van der Waals surface area contributed by atoms with Crippen LogP contribution in [0.3, 0.4) is 0 Å². The van der Waals surface area contributed by atoms with Gasteiger partial charge in [0.25, 0.3) is 0 Å². The second-order valence-electron chi connectivity index (χ2n) is 3.87. The fraction of sp³-hybridized carbons (Fsp3) is 0.889. The maximum Gasteiger partial charge on any atom is 0.317 e. The molecule has 2 heterocycles. The van der Waals surface area contributed by atoms with E-state index < -0.39 is 6.17 Å². The number of halogens is 1. The molecule has 0 radical (unpaired) electrons. The van der Waals surface area contributed by atoms with Crippen LogP contribution in [0, 0.1) is 0 Å². The van der Waals surface area contributed by atoms with Gasteiger partial charge in [0, 0.05) is 7.11 Å². The molecule has 0 aliphatic carbocycles. The number of hydrogen-bond acceptors (Lipinski definition) is 3. The number of ether oxygens (including phenoxy) is 2. The summed E-state index contributed by atoms with van der Waals surface area (Å²) >= 11 is 0. The van der Waals surface area contributed by atoms with Crippen LogP contribution in [0.2, 0.25) is 0 Å². The molecule has 0 saturated carbocycles. The van der Waals surface area contributed by atoms with Crippen molar-refractivity contribution in [3.63, 3.8) is 0 Å². The molecule has 1 N–H and O–H groups in total. The lowest BCUT2D eigenvalue weighted by Gasteiger charge is -2.35.